The van der Waals surface area contributed by atoms with E-state index >= 15 is 0 Å². The van der Waals surface area contributed by atoms with Crippen LogP contribution >= 0.6 is 0 Å². The fraction of sp³-hybridized carbons (Fsp3) is 0.357. The van der Waals surface area contributed by atoms with Crippen LogP contribution in [0, 0.1) is 0 Å². The van der Waals surface area contributed by atoms with Gasteiger partial charge in [0.15, 0.2) is 0 Å². The van der Waals surface area contributed by atoms with Gasteiger partial charge < -0.3 is 10.3 Å². The molecule has 0 radical (unpaired) electrons. The van der Waals surface area contributed by atoms with Gasteiger partial charge in [-0.2, -0.15) is 0 Å². The quantitative estimate of drug-likeness (QED) is 0.828. The van der Waals surface area contributed by atoms with E-state index in [1.807, 2.05) is 6.20 Å². The van der Waals surface area contributed by atoms with Gasteiger partial charge in [-0.3, -0.25) is 0 Å². The summed E-state index contributed by atoms with van der Waals surface area (Å²) >= 11 is 0. The van der Waals surface area contributed by atoms with Gasteiger partial charge in [0, 0.05) is 23.5 Å². The molecule has 17 heavy (non-hydrogen) atoms. The maximum Gasteiger partial charge on any atom is 0.137 e. The summed E-state index contributed by atoms with van der Waals surface area (Å²) in [5, 5.41) is 3.58. The molecule has 0 amide bonds. The normalized spacial score (nSPS) is 24.1. The van der Waals surface area contributed by atoms with Gasteiger partial charge in [0.1, 0.15) is 5.82 Å². The second-order valence-corrected chi connectivity index (χ2v) is 4.88. The fourth-order valence-corrected chi connectivity index (χ4v) is 2.56. The van der Waals surface area contributed by atoms with E-state index in [4.69, 9.17) is 0 Å². The third-order valence-electron chi connectivity index (χ3n) is 3.66. The van der Waals surface area contributed by atoms with Gasteiger partial charge in [-0.25, -0.2) is 4.98 Å². The molecule has 1 atom stereocenters. The summed E-state index contributed by atoms with van der Waals surface area (Å²) in [4.78, 5) is 7.39. The highest BCUT2D eigenvalue weighted by Crippen LogP contribution is 2.31. The number of aromatic amines is 1. The third kappa shape index (κ3) is 1.87. The summed E-state index contributed by atoms with van der Waals surface area (Å²) in [5.41, 5.74) is 2.66. The van der Waals surface area contributed by atoms with Crippen molar-refractivity contribution in [1.82, 2.24) is 15.3 Å². The van der Waals surface area contributed by atoms with Gasteiger partial charge >= 0.3 is 0 Å². The topological polar surface area (TPSA) is 40.7 Å². The number of aromatic nitrogens is 2. The summed E-state index contributed by atoms with van der Waals surface area (Å²) in [6.45, 7) is 3.40. The van der Waals surface area contributed by atoms with Crippen molar-refractivity contribution in [3.05, 3.63) is 42.2 Å². The molecule has 1 aliphatic rings. The molecule has 0 aliphatic carbocycles. The minimum absolute atomic E-state index is 0.154. The molecule has 1 saturated heterocycles. The molecule has 3 nitrogen and oxygen atoms in total. The molecule has 1 aromatic heterocycles. The zero-order chi connectivity index (χ0) is 11.7. The van der Waals surface area contributed by atoms with Crippen LogP contribution in [0.15, 0.2) is 36.7 Å². The first kappa shape index (κ1) is 10.5. The molecule has 3 heteroatoms. The summed E-state index contributed by atoms with van der Waals surface area (Å²) in [7, 11) is 0. The van der Waals surface area contributed by atoms with Crippen molar-refractivity contribution in [2.45, 2.75) is 25.3 Å². The molecule has 0 bridgehead atoms. The molecule has 2 aromatic rings. The number of hydrogen-bond acceptors (Lipinski definition) is 2. The lowest BCUT2D eigenvalue weighted by molar-refractivity contribution is 0.435. The Balaban J connectivity index is 1.90. The van der Waals surface area contributed by atoms with Crippen molar-refractivity contribution < 1.29 is 0 Å². The largest absolute Gasteiger partial charge is 0.345 e. The SMILES string of the molecule is CC1(c2ccc(-c3ncc[nH]3)cc2)CCCN1. The molecule has 1 aromatic carbocycles. The van der Waals surface area contributed by atoms with Crippen LogP contribution in [0.4, 0.5) is 0 Å². The van der Waals surface area contributed by atoms with Crippen LogP contribution in [0.5, 0.6) is 0 Å². The van der Waals surface area contributed by atoms with Gasteiger partial charge in [-0.15, -0.1) is 0 Å². The summed E-state index contributed by atoms with van der Waals surface area (Å²) < 4.78 is 0. The molecule has 0 spiro atoms. The van der Waals surface area contributed by atoms with Gasteiger partial charge in [-0.05, 0) is 31.9 Å². The molecule has 88 valence electrons. The minimum atomic E-state index is 0.154. The number of imidazole rings is 1. The Bertz CT molecular complexity index is 479. The van der Waals surface area contributed by atoms with Gasteiger partial charge in [-0.1, -0.05) is 24.3 Å². The number of nitrogens with zero attached hydrogens (tertiary/aromatic N) is 1. The molecule has 1 unspecified atom stereocenters. The number of nitrogens with one attached hydrogen (secondary N) is 2. The summed E-state index contributed by atoms with van der Waals surface area (Å²) in [6.07, 6.45) is 6.11. The Hall–Kier alpha value is -1.61. The van der Waals surface area contributed by atoms with Crippen LogP contribution in [0.2, 0.25) is 0 Å². The Morgan fingerprint density at radius 3 is 2.65 bits per heavy atom. The Kier molecular flexibility index (Phi) is 2.48. The van der Waals surface area contributed by atoms with Crippen molar-refractivity contribution in [2.75, 3.05) is 6.54 Å². The first-order chi connectivity index (χ1) is 8.28. The average Bonchev–Trinajstić information content (AvgIpc) is 3.01. The van der Waals surface area contributed by atoms with Crippen LogP contribution in [0.25, 0.3) is 11.4 Å². The molecule has 2 heterocycles. The lowest BCUT2D eigenvalue weighted by atomic mass is 9.90. The number of H-pyrrole nitrogens is 1. The fourth-order valence-electron chi connectivity index (χ4n) is 2.56. The van der Waals surface area contributed by atoms with E-state index in [1.165, 1.54) is 18.4 Å². The standard InChI is InChI=1S/C14H17N3/c1-14(7-2-8-17-14)12-5-3-11(4-6-12)13-15-9-10-16-13/h3-6,9-10,17H,2,7-8H2,1H3,(H,15,16). The first-order valence-corrected chi connectivity index (χ1v) is 6.13. The molecule has 1 fully saturated rings. The van der Waals surface area contributed by atoms with Crippen LogP contribution in [-0.2, 0) is 5.54 Å². The second kappa shape index (κ2) is 4.00. The Labute approximate surface area is 101 Å². The molecule has 0 saturated carbocycles. The van der Waals surface area contributed by atoms with Crippen molar-refractivity contribution in [3.63, 3.8) is 0 Å². The summed E-state index contributed by atoms with van der Waals surface area (Å²) in [6, 6.07) is 8.69. The molecular weight excluding hydrogens is 210 g/mol. The predicted molar refractivity (Wildman–Crippen MR) is 68.6 cm³/mol. The molecular formula is C14H17N3. The third-order valence-corrected chi connectivity index (χ3v) is 3.66. The minimum Gasteiger partial charge on any atom is -0.345 e. The van der Waals surface area contributed by atoms with Gasteiger partial charge in [0.2, 0.25) is 0 Å². The van der Waals surface area contributed by atoms with Crippen LogP contribution in [0.3, 0.4) is 0 Å². The number of rotatable bonds is 2. The number of benzene rings is 1. The van der Waals surface area contributed by atoms with E-state index in [0.717, 1.165) is 17.9 Å². The zero-order valence-electron chi connectivity index (χ0n) is 10.0. The molecule has 2 N–H and O–H groups in total. The highest BCUT2D eigenvalue weighted by Gasteiger charge is 2.29. The van der Waals surface area contributed by atoms with Crippen molar-refractivity contribution in [1.29, 1.82) is 0 Å². The molecule has 1 aliphatic heterocycles. The average molecular weight is 227 g/mol. The zero-order valence-corrected chi connectivity index (χ0v) is 10.0. The molecule has 3 rings (SSSR count). The van der Waals surface area contributed by atoms with E-state index in [2.05, 4.69) is 46.5 Å². The van der Waals surface area contributed by atoms with E-state index < -0.39 is 0 Å². The number of hydrogen-bond donors (Lipinski definition) is 2. The Morgan fingerprint density at radius 1 is 1.24 bits per heavy atom. The monoisotopic (exact) mass is 227 g/mol. The highest BCUT2D eigenvalue weighted by molar-refractivity contribution is 5.55. The van der Waals surface area contributed by atoms with Gasteiger partial charge in [0.05, 0.1) is 0 Å². The van der Waals surface area contributed by atoms with E-state index in [-0.39, 0.29) is 5.54 Å². The van der Waals surface area contributed by atoms with E-state index in [0.29, 0.717) is 0 Å². The van der Waals surface area contributed by atoms with Gasteiger partial charge in [0.25, 0.3) is 0 Å². The highest BCUT2D eigenvalue weighted by atomic mass is 15.0. The van der Waals surface area contributed by atoms with Crippen molar-refractivity contribution in [2.24, 2.45) is 0 Å². The van der Waals surface area contributed by atoms with E-state index in [9.17, 15) is 0 Å². The summed E-state index contributed by atoms with van der Waals surface area (Å²) in [5.74, 6) is 0.932. The predicted octanol–water partition coefficient (Wildman–Crippen LogP) is 2.68. The lowest BCUT2D eigenvalue weighted by Crippen LogP contribution is -2.32. The smallest absolute Gasteiger partial charge is 0.137 e. The van der Waals surface area contributed by atoms with Crippen molar-refractivity contribution in [3.8, 4) is 11.4 Å². The van der Waals surface area contributed by atoms with E-state index in [1.54, 1.807) is 6.20 Å². The Morgan fingerprint density at radius 2 is 2.06 bits per heavy atom. The van der Waals surface area contributed by atoms with Crippen LogP contribution < -0.4 is 5.32 Å². The maximum atomic E-state index is 4.26. The first-order valence-electron chi connectivity index (χ1n) is 6.13. The van der Waals surface area contributed by atoms with Crippen molar-refractivity contribution >= 4 is 0 Å². The second-order valence-electron chi connectivity index (χ2n) is 4.88. The maximum absolute atomic E-state index is 4.26. The van der Waals surface area contributed by atoms with Crippen LogP contribution in [-0.4, -0.2) is 16.5 Å². The lowest BCUT2D eigenvalue weighted by Gasteiger charge is -2.25. The van der Waals surface area contributed by atoms with Crippen LogP contribution in [0.1, 0.15) is 25.3 Å².